The number of hydrogen-bond acceptors (Lipinski definition) is 3. The molecule has 6 heteroatoms. The lowest BCUT2D eigenvalue weighted by atomic mass is 9.89. The third-order valence-corrected chi connectivity index (χ3v) is 3.94. The molecule has 0 heterocycles. The third kappa shape index (κ3) is 4.21. The van der Waals surface area contributed by atoms with Gasteiger partial charge in [0.2, 0.25) is 0 Å². The minimum Gasteiger partial charge on any atom is -0.350 e. The van der Waals surface area contributed by atoms with Crippen molar-refractivity contribution in [3.8, 4) is 0 Å². The van der Waals surface area contributed by atoms with Crippen molar-refractivity contribution in [3.05, 3.63) is 34.9 Å². The highest BCUT2D eigenvalue weighted by Gasteiger charge is 2.18. The van der Waals surface area contributed by atoms with Crippen LogP contribution in [0.1, 0.15) is 49.4 Å². The minimum atomic E-state index is -0.831. The minimum absolute atomic E-state index is 0.126. The number of carbonyl (C=O) groups excluding carboxylic acids is 2. The number of urea groups is 1. The van der Waals surface area contributed by atoms with Crippen molar-refractivity contribution in [1.29, 1.82) is 0 Å². The number of hydroxylamine groups is 1. The van der Waals surface area contributed by atoms with Crippen molar-refractivity contribution in [3.63, 3.8) is 0 Å². The number of rotatable bonds is 5. The number of benzene rings is 1. The van der Waals surface area contributed by atoms with Gasteiger partial charge in [-0.3, -0.25) is 9.63 Å². The summed E-state index contributed by atoms with van der Waals surface area (Å²) in [5.74, 6) is -0.307. The van der Waals surface area contributed by atoms with Crippen LogP contribution in [0.3, 0.4) is 0 Å². The van der Waals surface area contributed by atoms with E-state index >= 15 is 0 Å². The van der Waals surface area contributed by atoms with E-state index in [2.05, 4.69) is 23.5 Å². The van der Waals surface area contributed by atoms with Gasteiger partial charge in [-0.25, -0.2) is 10.3 Å². The van der Waals surface area contributed by atoms with Crippen LogP contribution >= 0.6 is 0 Å². The first-order chi connectivity index (χ1) is 10.5. The molecule has 1 aromatic carbocycles. The lowest BCUT2D eigenvalue weighted by Crippen LogP contribution is -2.41. The number of aryl methyl sites for hydroxylation is 2. The van der Waals surface area contributed by atoms with Crippen molar-refractivity contribution in [1.82, 2.24) is 10.8 Å². The summed E-state index contributed by atoms with van der Waals surface area (Å²) in [6, 6.07) is 5.43. The Morgan fingerprint density at radius 1 is 1.18 bits per heavy atom. The number of fused-ring (bicyclic) bond motifs is 1. The molecule has 2 rings (SSSR count). The lowest BCUT2D eigenvalue weighted by Gasteiger charge is -2.21. The Bertz CT molecular complexity index is 560. The van der Waals surface area contributed by atoms with Crippen LogP contribution in [-0.2, 0) is 22.5 Å². The summed E-state index contributed by atoms with van der Waals surface area (Å²) in [6.45, 7) is 3.47. The van der Waals surface area contributed by atoms with Crippen LogP contribution in [0.15, 0.2) is 18.2 Å². The molecule has 2 atom stereocenters. The van der Waals surface area contributed by atoms with E-state index in [0.717, 1.165) is 18.4 Å². The van der Waals surface area contributed by atoms with Gasteiger partial charge in [-0.1, -0.05) is 18.2 Å². The van der Waals surface area contributed by atoms with Crippen molar-refractivity contribution in [2.24, 2.45) is 5.73 Å². The van der Waals surface area contributed by atoms with Crippen LogP contribution in [0, 0.1) is 0 Å². The van der Waals surface area contributed by atoms with Crippen LogP contribution < -0.4 is 16.5 Å². The highest BCUT2D eigenvalue weighted by atomic mass is 16.7. The average molecular weight is 305 g/mol. The molecular weight excluding hydrogens is 282 g/mol. The monoisotopic (exact) mass is 305 g/mol. The summed E-state index contributed by atoms with van der Waals surface area (Å²) in [5.41, 5.74) is 10.7. The van der Waals surface area contributed by atoms with Gasteiger partial charge in [0.15, 0.2) is 6.10 Å². The van der Waals surface area contributed by atoms with Gasteiger partial charge in [-0.2, -0.15) is 0 Å². The fourth-order valence-electron chi connectivity index (χ4n) is 2.64. The van der Waals surface area contributed by atoms with Crippen LogP contribution in [0.25, 0.3) is 0 Å². The SMILES string of the molecule is C[C@H](ONC(N)=O)C(=O)N[C@H](C)c1ccc2c(c1)CCCC2. The van der Waals surface area contributed by atoms with Crippen LogP contribution in [0.2, 0.25) is 0 Å². The molecule has 1 aromatic rings. The van der Waals surface area contributed by atoms with Crippen LogP contribution in [0.4, 0.5) is 4.79 Å². The molecule has 4 N–H and O–H groups in total. The first-order valence-corrected chi connectivity index (χ1v) is 7.60. The van der Waals surface area contributed by atoms with E-state index in [1.54, 1.807) is 6.92 Å². The molecule has 120 valence electrons. The number of hydrogen-bond donors (Lipinski definition) is 3. The van der Waals surface area contributed by atoms with Crippen molar-refractivity contribution < 1.29 is 14.4 Å². The summed E-state index contributed by atoms with van der Waals surface area (Å²) in [6.07, 6.45) is 3.90. The van der Waals surface area contributed by atoms with E-state index in [0.29, 0.717) is 0 Å². The number of amides is 3. The largest absolute Gasteiger partial charge is 0.350 e. The van der Waals surface area contributed by atoms with Crippen molar-refractivity contribution >= 4 is 11.9 Å². The Balaban J connectivity index is 1.95. The lowest BCUT2D eigenvalue weighted by molar-refractivity contribution is -0.135. The highest BCUT2D eigenvalue weighted by molar-refractivity contribution is 5.81. The van der Waals surface area contributed by atoms with Crippen LogP contribution in [0.5, 0.6) is 0 Å². The first-order valence-electron chi connectivity index (χ1n) is 7.60. The van der Waals surface area contributed by atoms with E-state index in [9.17, 15) is 9.59 Å². The van der Waals surface area contributed by atoms with Crippen molar-refractivity contribution in [2.45, 2.75) is 51.7 Å². The van der Waals surface area contributed by atoms with Gasteiger partial charge in [0, 0.05) is 0 Å². The standard InChI is InChI=1S/C16H23N3O3/c1-10(18-15(20)11(2)22-19-16(17)21)13-8-7-12-5-3-4-6-14(12)9-13/h7-11H,3-6H2,1-2H3,(H,18,20)(H3,17,19,21)/t10-,11+/m1/s1. The van der Waals surface area contributed by atoms with E-state index in [-0.39, 0.29) is 11.9 Å². The van der Waals surface area contributed by atoms with E-state index in [1.165, 1.54) is 24.0 Å². The highest BCUT2D eigenvalue weighted by Crippen LogP contribution is 2.24. The summed E-state index contributed by atoms with van der Waals surface area (Å²) in [5, 5.41) is 2.87. The predicted octanol–water partition coefficient (Wildman–Crippen LogP) is 1.73. The topological polar surface area (TPSA) is 93.4 Å². The smallest absolute Gasteiger partial charge is 0.336 e. The second kappa shape index (κ2) is 7.26. The van der Waals surface area contributed by atoms with Crippen molar-refractivity contribution in [2.75, 3.05) is 0 Å². The maximum atomic E-state index is 12.0. The summed E-state index contributed by atoms with van der Waals surface area (Å²) < 4.78 is 0. The fraction of sp³-hybridized carbons (Fsp3) is 0.500. The maximum absolute atomic E-state index is 12.0. The van der Waals surface area contributed by atoms with Gasteiger partial charge in [0.05, 0.1) is 6.04 Å². The van der Waals surface area contributed by atoms with Gasteiger partial charge in [-0.05, 0) is 56.2 Å². The van der Waals surface area contributed by atoms with Crippen LogP contribution in [-0.4, -0.2) is 18.0 Å². The summed E-state index contributed by atoms with van der Waals surface area (Å²) in [7, 11) is 0. The number of primary amides is 1. The van der Waals surface area contributed by atoms with Gasteiger partial charge in [0.1, 0.15) is 0 Å². The first kappa shape index (κ1) is 16.3. The summed E-state index contributed by atoms with van der Waals surface area (Å²) in [4.78, 5) is 27.4. The zero-order valence-electron chi connectivity index (χ0n) is 13.0. The zero-order valence-corrected chi connectivity index (χ0v) is 13.0. The Morgan fingerprint density at radius 3 is 2.55 bits per heavy atom. The Morgan fingerprint density at radius 2 is 1.86 bits per heavy atom. The molecule has 0 aliphatic heterocycles. The Labute approximate surface area is 130 Å². The molecule has 22 heavy (non-hydrogen) atoms. The molecule has 0 fully saturated rings. The molecule has 0 unspecified atom stereocenters. The molecule has 0 aromatic heterocycles. The van der Waals surface area contributed by atoms with Gasteiger partial charge in [-0.15, -0.1) is 0 Å². The zero-order chi connectivity index (χ0) is 16.1. The average Bonchev–Trinajstić information content (AvgIpc) is 2.51. The fourth-order valence-corrected chi connectivity index (χ4v) is 2.64. The molecule has 0 saturated carbocycles. The number of carbonyl (C=O) groups is 2. The van der Waals surface area contributed by atoms with E-state index < -0.39 is 12.1 Å². The van der Waals surface area contributed by atoms with E-state index in [1.807, 2.05) is 12.4 Å². The normalized spacial score (nSPS) is 16.3. The molecule has 6 nitrogen and oxygen atoms in total. The van der Waals surface area contributed by atoms with Gasteiger partial charge < -0.3 is 11.1 Å². The molecule has 3 amide bonds. The Hall–Kier alpha value is -2.08. The second-order valence-electron chi connectivity index (χ2n) is 5.69. The number of nitrogens with two attached hydrogens (primary N) is 1. The summed E-state index contributed by atoms with van der Waals surface area (Å²) >= 11 is 0. The molecule has 0 spiro atoms. The molecule has 1 aliphatic rings. The Kier molecular flexibility index (Phi) is 5.38. The molecule has 0 radical (unpaired) electrons. The molecule has 0 bridgehead atoms. The van der Waals surface area contributed by atoms with E-state index in [4.69, 9.17) is 10.6 Å². The predicted molar refractivity (Wildman–Crippen MR) is 82.9 cm³/mol. The third-order valence-electron chi connectivity index (χ3n) is 3.94. The quantitative estimate of drug-likeness (QED) is 0.723. The van der Waals surface area contributed by atoms with Gasteiger partial charge in [0.25, 0.3) is 5.91 Å². The maximum Gasteiger partial charge on any atom is 0.336 e. The molecule has 1 aliphatic carbocycles. The second-order valence-corrected chi connectivity index (χ2v) is 5.69. The molecular formula is C16H23N3O3. The number of nitrogens with one attached hydrogen (secondary N) is 2. The molecule has 0 saturated heterocycles. The van der Waals surface area contributed by atoms with Gasteiger partial charge >= 0.3 is 6.03 Å².